The van der Waals surface area contributed by atoms with Crippen molar-refractivity contribution in [3.63, 3.8) is 0 Å². The topological polar surface area (TPSA) is 55.6 Å². The predicted octanol–water partition coefficient (Wildman–Crippen LogP) is 3.77. The number of carbonyl (C=O) groups excluding carboxylic acids is 1. The summed E-state index contributed by atoms with van der Waals surface area (Å²) in [6.07, 6.45) is 1.71. The van der Waals surface area contributed by atoms with Gasteiger partial charge in [0, 0.05) is 30.3 Å². The fourth-order valence-electron chi connectivity index (χ4n) is 2.42. The van der Waals surface area contributed by atoms with Crippen LogP contribution in [0, 0.1) is 0 Å². The van der Waals surface area contributed by atoms with Crippen LogP contribution in [0.15, 0.2) is 53.1 Å². The Hall–Kier alpha value is -2.37. The van der Waals surface area contributed by atoms with Crippen LogP contribution >= 0.6 is 11.6 Å². The average Bonchev–Trinajstić information content (AvgIpc) is 3.02. The van der Waals surface area contributed by atoms with Gasteiger partial charge in [-0.2, -0.15) is 0 Å². The molecule has 124 valence electrons. The molecule has 5 nitrogen and oxygen atoms in total. The van der Waals surface area contributed by atoms with E-state index in [9.17, 15) is 4.79 Å². The quantitative estimate of drug-likeness (QED) is 0.683. The summed E-state index contributed by atoms with van der Waals surface area (Å²) in [7, 11) is 1.60. The Kier molecular flexibility index (Phi) is 5.13. The molecule has 0 spiro atoms. The number of hydrogen-bond donors (Lipinski definition) is 0. The minimum Gasteiger partial charge on any atom is -0.451 e. The van der Waals surface area contributed by atoms with Crippen molar-refractivity contribution in [2.24, 2.45) is 0 Å². The van der Waals surface area contributed by atoms with Crippen molar-refractivity contribution >= 4 is 28.5 Å². The molecule has 0 radical (unpaired) electrons. The number of hydrogen-bond acceptors (Lipinski definition) is 4. The van der Waals surface area contributed by atoms with Gasteiger partial charge in [0.05, 0.1) is 18.8 Å². The van der Waals surface area contributed by atoms with E-state index in [1.165, 1.54) is 0 Å². The van der Waals surface area contributed by atoms with E-state index in [0.717, 1.165) is 11.1 Å². The van der Waals surface area contributed by atoms with Gasteiger partial charge in [-0.1, -0.05) is 17.7 Å². The predicted molar refractivity (Wildman–Crippen MR) is 92.1 cm³/mol. The van der Waals surface area contributed by atoms with E-state index in [-0.39, 0.29) is 11.7 Å². The van der Waals surface area contributed by atoms with Crippen LogP contribution in [0.3, 0.4) is 0 Å². The normalized spacial score (nSPS) is 10.9. The molecule has 1 amide bonds. The van der Waals surface area contributed by atoms with Crippen LogP contribution in [0.1, 0.15) is 16.2 Å². The van der Waals surface area contributed by atoms with Gasteiger partial charge in [-0.25, -0.2) is 0 Å². The highest BCUT2D eigenvalue weighted by atomic mass is 35.5. The second kappa shape index (κ2) is 7.47. The summed E-state index contributed by atoms with van der Waals surface area (Å²) in [5.74, 6) is 0.0735. The van der Waals surface area contributed by atoms with Gasteiger partial charge in [0.2, 0.25) is 0 Å². The Morgan fingerprint density at radius 1 is 1.29 bits per heavy atom. The first-order valence-corrected chi connectivity index (χ1v) is 7.92. The molecule has 3 rings (SSSR count). The van der Waals surface area contributed by atoms with Gasteiger partial charge in [0.15, 0.2) is 5.76 Å². The lowest BCUT2D eigenvalue weighted by Gasteiger charge is -2.20. The lowest BCUT2D eigenvalue weighted by atomic mass is 10.2. The maximum Gasteiger partial charge on any atom is 0.290 e. The highest BCUT2D eigenvalue weighted by Gasteiger charge is 2.20. The van der Waals surface area contributed by atoms with Crippen LogP contribution in [0.5, 0.6) is 0 Å². The number of halogens is 1. The highest BCUT2D eigenvalue weighted by Crippen LogP contribution is 2.24. The SMILES string of the molecule is COCCN(Cc1ccccn1)C(=O)c1cc2cc(Cl)ccc2o1. The third-order valence-corrected chi connectivity index (χ3v) is 3.86. The van der Waals surface area contributed by atoms with Crippen LogP contribution in [0.2, 0.25) is 5.02 Å². The zero-order valence-electron chi connectivity index (χ0n) is 13.2. The number of pyridine rings is 1. The first-order valence-electron chi connectivity index (χ1n) is 7.54. The molecule has 0 aliphatic heterocycles. The summed E-state index contributed by atoms with van der Waals surface area (Å²) in [6.45, 7) is 1.27. The third kappa shape index (κ3) is 3.75. The molecule has 1 aromatic carbocycles. The monoisotopic (exact) mass is 344 g/mol. The highest BCUT2D eigenvalue weighted by molar-refractivity contribution is 6.31. The largest absolute Gasteiger partial charge is 0.451 e. The summed E-state index contributed by atoms with van der Waals surface area (Å²) in [5.41, 5.74) is 1.44. The summed E-state index contributed by atoms with van der Waals surface area (Å²) in [6, 6.07) is 12.6. The van der Waals surface area contributed by atoms with Crippen LogP contribution in [-0.4, -0.2) is 36.1 Å². The summed E-state index contributed by atoms with van der Waals surface area (Å²) < 4.78 is 10.8. The van der Waals surface area contributed by atoms with Crippen molar-refractivity contribution in [3.05, 3.63) is 65.1 Å². The number of amides is 1. The van der Waals surface area contributed by atoms with Crippen LogP contribution in [0.4, 0.5) is 0 Å². The molecular formula is C18H17ClN2O3. The molecule has 0 saturated carbocycles. The molecule has 0 N–H and O–H groups in total. The lowest BCUT2D eigenvalue weighted by molar-refractivity contribution is 0.0649. The molecule has 0 unspecified atom stereocenters. The summed E-state index contributed by atoms with van der Waals surface area (Å²) in [5, 5.41) is 1.41. The average molecular weight is 345 g/mol. The van der Waals surface area contributed by atoms with Gasteiger partial charge in [-0.3, -0.25) is 9.78 Å². The van der Waals surface area contributed by atoms with Crippen molar-refractivity contribution in [3.8, 4) is 0 Å². The second-order valence-electron chi connectivity index (χ2n) is 5.33. The smallest absolute Gasteiger partial charge is 0.290 e. The molecule has 3 aromatic rings. The molecule has 2 heterocycles. The van der Waals surface area contributed by atoms with E-state index in [1.54, 1.807) is 42.5 Å². The molecule has 0 aliphatic carbocycles. The number of furan rings is 1. The maximum atomic E-state index is 12.8. The fourth-order valence-corrected chi connectivity index (χ4v) is 2.60. The van der Waals surface area contributed by atoms with E-state index in [4.69, 9.17) is 20.8 Å². The lowest BCUT2D eigenvalue weighted by Crippen LogP contribution is -2.33. The Labute approximate surface area is 144 Å². The fraction of sp³-hybridized carbons (Fsp3) is 0.222. The Morgan fingerprint density at radius 2 is 2.17 bits per heavy atom. The standard InChI is InChI=1S/C18H17ClN2O3/c1-23-9-8-21(12-15-4-2-3-7-20-15)18(22)17-11-13-10-14(19)5-6-16(13)24-17/h2-7,10-11H,8-9,12H2,1H3. The number of carbonyl (C=O) groups is 1. The van der Waals surface area contributed by atoms with Crippen molar-refractivity contribution in [1.82, 2.24) is 9.88 Å². The molecule has 0 aliphatic rings. The first-order chi connectivity index (χ1) is 11.7. The van der Waals surface area contributed by atoms with Crippen molar-refractivity contribution < 1.29 is 13.9 Å². The molecule has 24 heavy (non-hydrogen) atoms. The van der Waals surface area contributed by atoms with Crippen molar-refractivity contribution in [1.29, 1.82) is 0 Å². The summed E-state index contributed by atoms with van der Waals surface area (Å²) >= 11 is 5.98. The minimum atomic E-state index is -0.204. The number of benzene rings is 1. The Morgan fingerprint density at radius 3 is 2.92 bits per heavy atom. The molecule has 2 aromatic heterocycles. The number of rotatable bonds is 6. The molecule has 0 saturated heterocycles. The number of fused-ring (bicyclic) bond motifs is 1. The molecule has 0 fully saturated rings. The number of methoxy groups -OCH3 is 1. The van der Waals surface area contributed by atoms with Gasteiger partial charge in [-0.05, 0) is 36.4 Å². The Balaban J connectivity index is 1.85. The van der Waals surface area contributed by atoms with Crippen LogP contribution < -0.4 is 0 Å². The van der Waals surface area contributed by atoms with E-state index >= 15 is 0 Å². The van der Waals surface area contributed by atoms with E-state index in [0.29, 0.717) is 30.3 Å². The second-order valence-corrected chi connectivity index (χ2v) is 5.77. The zero-order chi connectivity index (χ0) is 16.9. The van der Waals surface area contributed by atoms with Gasteiger partial charge in [0.1, 0.15) is 5.58 Å². The van der Waals surface area contributed by atoms with E-state index in [2.05, 4.69) is 4.98 Å². The first kappa shape index (κ1) is 16.5. The maximum absolute atomic E-state index is 12.8. The molecule has 0 atom stereocenters. The van der Waals surface area contributed by atoms with E-state index in [1.807, 2.05) is 18.2 Å². The molecular weight excluding hydrogens is 328 g/mol. The zero-order valence-corrected chi connectivity index (χ0v) is 14.0. The number of nitrogens with zero attached hydrogens (tertiary/aromatic N) is 2. The molecule has 0 bridgehead atoms. The number of ether oxygens (including phenoxy) is 1. The van der Waals surface area contributed by atoms with Gasteiger partial charge < -0.3 is 14.1 Å². The van der Waals surface area contributed by atoms with Crippen molar-refractivity contribution in [2.75, 3.05) is 20.3 Å². The van der Waals surface area contributed by atoms with Crippen molar-refractivity contribution in [2.45, 2.75) is 6.54 Å². The summed E-state index contributed by atoms with van der Waals surface area (Å²) in [4.78, 5) is 18.8. The third-order valence-electron chi connectivity index (χ3n) is 3.62. The van der Waals surface area contributed by atoms with E-state index < -0.39 is 0 Å². The van der Waals surface area contributed by atoms with Crippen LogP contribution in [0.25, 0.3) is 11.0 Å². The van der Waals surface area contributed by atoms with Crippen LogP contribution in [-0.2, 0) is 11.3 Å². The number of aromatic nitrogens is 1. The minimum absolute atomic E-state index is 0.204. The van der Waals surface area contributed by atoms with Gasteiger partial charge in [-0.15, -0.1) is 0 Å². The Bertz CT molecular complexity index is 833. The molecule has 6 heteroatoms. The van der Waals surface area contributed by atoms with Gasteiger partial charge >= 0.3 is 0 Å². The van der Waals surface area contributed by atoms with Gasteiger partial charge in [0.25, 0.3) is 5.91 Å².